The lowest BCUT2D eigenvalue weighted by Crippen LogP contribution is -2.25. The molecular weight excluding hydrogens is 373 g/mol. The molecule has 3 N–H and O–H groups in total. The van der Waals surface area contributed by atoms with Crippen molar-refractivity contribution in [2.45, 2.75) is 11.3 Å². The molecule has 1 rings (SSSR count). The first-order valence-electron chi connectivity index (χ1n) is 5.02. The van der Waals surface area contributed by atoms with Crippen LogP contribution in [0.25, 0.3) is 0 Å². The van der Waals surface area contributed by atoms with Gasteiger partial charge in [0.25, 0.3) is 0 Å². The van der Waals surface area contributed by atoms with Crippen LogP contribution in [0.4, 0.5) is 0 Å². The molecule has 6 nitrogen and oxygen atoms in total. The fourth-order valence-electron chi connectivity index (χ4n) is 1.20. The number of rotatable bonds is 6. The minimum absolute atomic E-state index is 0.0550. The molecule has 8 heteroatoms. The van der Waals surface area contributed by atoms with Gasteiger partial charge in [0.15, 0.2) is 0 Å². The van der Waals surface area contributed by atoms with Crippen LogP contribution in [0.3, 0.4) is 0 Å². The Kier molecular flexibility index (Phi) is 5.50. The first kappa shape index (κ1) is 15.3. The van der Waals surface area contributed by atoms with Gasteiger partial charge in [0.2, 0.25) is 10.0 Å². The Labute approximate surface area is 118 Å². The summed E-state index contributed by atoms with van der Waals surface area (Å²) >= 11 is 1.83. The van der Waals surface area contributed by atoms with Gasteiger partial charge in [0.05, 0.1) is 10.5 Å². The molecule has 0 saturated heterocycles. The van der Waals surface area contributed by atoms with Crippen molar-refractivity contribution in [3.63, 3.8) is 0 Å². The lowest BCUT2D eigenvalue weighted by Gasteiger charge is -2.07. The van der Waals surface area contributed by atoms with Crippen molar-refractivity contribution in [3.8, 4) is 0 Å². The van der Waals surface area contributed by atoms with E-state index < -0.39 is 16.0 Å². The van der Waals surface area contributed by atoms with Gasteiger partial charge >= 0.3 is 5.97 Å². The maximum Gasteiger partial charge on any atom is 0.336 e. The molecular formula is C10H12INO5S. The Bertz CT molecular complexity index is 543. The van der Waals surface area contributed by atoms with Gasteiger partial charge in [0, 0.05) is 16.7 Å². The van der Waals surface area contributed by atoms with E-state index in [0.29, 0.717) is 9.99 Å². The van der Waals surface area contributed by atoms with E-state index in [0.717, 1.165) is 6.07 Å². The minimum atomic E-state index is -3.73. The van der Waals surface area contributed by atoms with Crippen LogP contribution < -0.4 is 4.72 Å². The van der Waals surface area contributed by atoms with E-state index in [1.165, 1.54) is 12.1 Å². The quantitative estimate of drug-likeness (QED) is 0.493. The monoisotopic (exact) mass is 385 g/mol. The zero-order valence-electron chi connectivity index (χ0n) is 9.26. The predicted molar refractivity (Wildman–Crippen MR) is 73.0 cm³/mol. The number of sulfonamides is 1. The third kappa shape index (κ3) is 3.90. The first-order valence-corrected chi connectivity index (χ1v) is 7.58. The summed E-state index contributed by atoms with van der Waals surface area (Å²) in [5, 5.41) is 17.5. The van der Waals surface area contributed by atoms with Crippen LogP contribution in [0.1, 0.15) is 16.8 Å². The summed E-state index contributed by atoms with van der Waals surface area (Å²) in [5.74, 6) is -1.17. The summed E-state index contributed by atoms with van der Waals surface area (Å²) in [7, 11) is -3.73. The van der Waals surface area contributed by atoms with E-state index in [9.17, 15) is 13.2 Å². The van der Waals surface area contributed by atoms with Gasteiger partial charge in [0.1, 0.15) is 0 Å². The Morgan fingerprint density at radius 1 is 1.39 bits per heavy atom. The summed E-state index contributed by atoms with van der Waals surface area (Å²) in [5.41, 5.74) is -0.0550. The molecule has 1 aromatic rings. The van der Waals surface area contributed by atoms with Crippen molar-refractivity contribution < 1.29 is 23.4 Å². The molecule has 0 fully saturated rings. The minimum Gasteiger partial charge on any atom is -0.478 e. The van der Waals surface area contributed by atoms with Crippen LogP contribution in [-0.2, 0) is 10.0 Å². The van der Waals surface area contributed by atoms with Crippen LogP contribution in [0.2, 0.25) is 0 Å². The largest absolute Gasteiger partial charge is 0.478 e. The van der Waals surface area contributed by atoms with Crippen molar-refractivity contribution >= 4 is 38.6 Å². The van der Waals surface area contributed by atoms with E-state index in [2.05, 4.69) is 4.72 Å². The summed E-state index contributed by atoms with van der Waals surface area (Å²) in [6, 6.07) is 3.89. The lowest BCUT2D eigenvalue weighted by atomic mass is 10.2. The normalized spacial score (nSPS) is 11.4. The second-order valence-corrected chi connectivity index (χ2v) is 6.35. The van der Waals surface area contributed by atoms with Crippen LogP contribution in [0.5, 0.6) is 0 Å². The van der Waals surface area contributed by atoms with Crippen LogP contribution in [-0.4, -0.2) is 37.8 Å². The summed E-state index contributed by atoms with van der Waals surface area (Å²) < 4.78 is 26.4. The number of aromatic carboxylic acids is 1. The van der Waals surface area contributed by atoms with Gasteiger partial charge in [-0.3, -0.25) is 0 Å². The predicted octanol–water partition coefficient (Wildman–Crippen LogP) is 0.650. The number of aliphatic hydroxyl groups is 1. The van der Waals surface area contributed by atoms with E-state index in [4.69, 9.17) is 10.2 Å². The SMILES string of the molecule is O=C(O)c1cc(S(=O)(=O)NCCCO)ccc1I. The summed E-state index contributed by atoms with van der Waals surface area (Å²) in [6.07, 6.45) is 0.301. The molecule has 0 unspecified atom stereocenters. The van der Waals surface area contributed by atoms with Crippen molar-refractivity contribution in [1.29, 1.82) is 0 Å². The van der Waals surface area contributed by atoms with E-state index in [1.807, 2.05) is 22.6 Å². The number of carbonyl (C=O) groups is 1. The number of carboxylic acid groups (broad SMARTS) is 1. The Hall–Kier alpha value is -0.710. The number of aliphatic hydroxyl groups excluding tert-OH is 1. The molecule has 1 aromatic carbocycles. The van der Waals surface area contributed by atoms with E-state index in [1.54, 1.807) is 0 Å². The van der Waals surface area contributed by atoms with Gasteiger partial charge in [-0.2, -0.15) is 0 Å². The maximum absolute atomic E-state index is 11.8. The third-order valence-electron chi connectivity index (χ3n) is 2.11. The van der Waals surface area contributed by atoms with Crippen LogP contribution >= 0.6 is 22.6 Å². The zero-order chi connectivity index (χ0) is 13.8. The number of benzene rings is 1. The fourth-order valence-corrected chi connectivity index (χ4v) is 2.87. The molecule has 0 spiro atoms. The standard InChI is InChI=1S/C10H12INO5S/c11-9-3-2-7(6-8(9)10(14)15)18(16,17)12-4-1-5-13/h2-3,6,12-13H,1,4-5H2,(H,14,15). The number of hydrogen-bond acceptors (Lipinski definition) is 4. The second-order valence-electron chi connectivity index (χ2n) is 3.42. The molecule has 100 valence electrons. The number of hydrogen-bond donors (Lipinski definition) is 3. The average Bonchev–Trinajstić information content (AvgIpc) is 2.29. The van der Waals surface area contributed by atoms with Crippen LogP contribution in [0, 0.1) is 3.57 Å². The van der Waals surface area contributed by atoms with Gasteiger partial charge in [-0.1, -0.05) is 0 Å². The molecule has 0 radical (unpaired) electrons. The highest BCUT2D eigenvalue weighted by atomic mass is 127. The lowest BCUT2D eigenvalue weighted by molar-refractivity contribution is 0.0695. The fraction of sp³-hybridized carbons (Fsp3) is 0.300. The Morgan fingerprint density at radius 3 is 2.61 bits per heavy atom. The topological polar surface area (TPSA) is 104 Å². The van der Waals surface area contributed by atoms with Crippen molar-refractivity contribution in [2.24, 2.45) is 0 Å². The summed E-state index contributed by atoms with van der Waals surface area (Å²) in [6.45, 7) is -0.0111. The molecule has 18 heavy (non-hydrogen) atoms. The smallest absolute Gasteiger partial charge is 0.336 e. The highest BCUT2D eigenvalue weighted by Crippen LogP contribution is 2.17. The first-order chi connectivity index (χ1) is 8.38. The third-order valence-corrected chi connectivity index (χ3v) is 4.50. The Morgan fingerprint density at radius 2 is 2.06 bits per heavy atom. The zero-order valence-corrected chi connectivity index (χ0v) is 12.2. The average molecular weight is 385 g/mol. The molecule has 0 saturated carbocycles. The molecule has 0 heterocycles. The number of halogens is 1. The van der Waals surface area contributed by atoms with Gasteiger partial charge in [-0.15, -0.1) is 0 Å². The highest BCUT2D eigenvalue weighted by Gasteiger charge is 2.17. The van der Waals surface area contributed by atoms with Gasteiger partial charge < -0.3 is 10.2 Å². The molecule has 0 aromatic heterocycles. The molecule has 0 atom stereocenters. The van der Waals surface area contributed by atoms with Gasteiger partial charge in [-0.05, 0) is 47.2 Å². The Balaban J connectivity index is 3.02. The molecule has 0 aliphatic heterocycles. The molecule has 0 aliphatic rings. The van der Waals surface area contributed by atoms with Crippen molar-refractivity contribution in [3.05, 3.63) is 27.3 Å². The molecule has 0 amide bonds. The van der Waals surface area contributed by atoms with Crippen molar-refractivity contribution in [1.82, 2.24) is 4.72 Å². The maximum atomic E-state index is 11.8. The summed E-state index contributed by atoms with van der Waals surface area (Å²) in [4.78, 5) is 10.8. The van der Waals surface area contributed by atoms with Crippen LogP contribution in [0.15, 0.2) is 23.1 Å². The second kappa shape index (κ2) is 6.45. The number of nitrogens with one attached hydrogen (secondary N) is 1. The van der Waals surface area contributed by atoms with E-state index >= 15 is 0 Å². The van der Waals surface area contributed by atoms with E-state index in [-0.39, 0.29) is 23.6 Å². The molecule has 0 aliphatic carbocycles. The van der Waals surface area contributed by atoms with Crippen molar-refractivity contribution in [2.75, 3.05) is 13.2 Å². The highest BCUT2D eigenvalue weighted by molar-refractivity contribution is 14.1. The number of carboxylic acids is 1. The van der Waals surface area contributed by atoms with Gasteiger partial charge in [-0.25, -0.2) is 17.9 Å². The molecule has 0 bridgehead atoms.